The molecule has 0 aliphatic rings. The summed E-state index contributed by atoms with van der Waals surface area (Å²) in [6.45, 7) is 1.74. The molecule has 0 radical (unpaired) electrons. The minimum atomic E-state index is -0.920. The minimum absolute atomic E-state index is 0.205. The third-order valence-electron chi connectivity index (χ3n) is 4.28. The van der Waals surface area contributed by atoms with E-state index in [1.807, 2.05) is 18.2 Å². The Balaban J connectivity index is 1.45. The number of nitrogens with zero attached hydrogens (tertiary/aromatic N) is 1. The van der Waals surface area contributed by atoms with Crippen LogP contribution in [0.4, 0.5) is 11.4 Å². The minimum Gasteiger partial charge on any atom is -0.489 e. The lowest BCUT2D eigenvalue weighted by molar-refractivity contribution is -0.136. The Bertz CT molecular complexity index is 1160. The van der Waals surface area contributed by atoms with Crippen molar-refractivity contribution >= 4 is 46.9 Å². The van der Waals surface area contributed by atoms with Crippen LogP contribution in [0.5, 0.6) is 5.75 Å². The third-order valence-corrected chi connectivity index (χ3v) is 4.65. The summed E-state index contributed by atoms with van der Waals surface area (Å²) >= 11 is 6.11. The predicted molar refractivity (Wildman–Crippen MR) is 127 cm³/mol. The average molecular weight is 465 g/mol. The van der Waals surface area contributed by atoms with Crippen molar-refractivity contribution in [3.05, 3.63) is 88.9 Å². The molecule has 0 saturated heterocycles. The Labute approximate surface area is 195 Å². The number of halogens is 1. The van der Waals surface area contributed by atoms with Crippen LogP contribution >= 0.6 is 11.6 Å². The van der Waals surface area contributed by atoms with Crippen molar-refractivity contribution < 1.29 is 19.1 Å². The summed E-state index contributed by atoms with van der Waals surface area (Å²) in [6.07, 6.45) is 1.41. The van der Waals surface area contributed by atoms with E-state index < -0.39 is 11.8 Å². The van der Waals surface area contributed by atoms with Gasteiger partial charge in [-0.25, -0.2) is 5.43 Å². The number of rotatable bonds is 7. The second-order valence-electron chi connectivity index (χ2n) is 6.86. The number of ether oxygens (including phenoxy) is 1. The van der Waals surface area contributed by atoms with Gasteiger partial charge in [-0.05, 0) is 60.2 Å². The molecule has 3 amide bonds. The number of hydrogen-bond donors (Lipinski definition) is 3. The van der Waals surface area contributed by atoms with Gasteiger partial charge in [0, 0.05) is 28.9 Å². The van der Waals surface area contributed by atoms with Crippen LogP contribution in [-0.2, 0) is 21.0 Å². The molecule has 3 aromatic rings. The fourth-order valence-corrected chi connectivity index (χ4v) is 2.86. The average Bonchev–Trinajstić information content (AvgIpc) is 2.80. The summed E-state index contributed by atoms with van der Waals surface area (Å²) in [5.41, 5.74) is 4.74. The smallest absolute Gasteiger partial charge is 0.329 e. The summed E-state index contributed by atoms with van der Waals surface area (Å²) in [7, 11) is 0. The zero-order valence-electron chi connectivity index (χ0n) is 17.7. The fraction of sp³-hybridized carbons (Fsp3) is 0.0833. The van der Waals surface area contributed by atoms with Gasteiger partial charge >= 0.3 is 11.8 Å². The molecule has 0 saturated carbocycles. The molecule has 8 nitrogen and oxygen atoms in total. The van der Waals surface area contributed by atoms with E-state index in [9.17, 15) is 14.4 Å². The molecule has 0 heterocycles. The van der Waals surface area contributed by atoms with E-state index in [1.165, 1.54) is 13.1 Å². The van der Waals surface area contributed by atoms with Gasteiger partial charge in [0.2, 0.25) is 5.91 Å². The molecule has 0 bridgehead atoms. The predicted octanol–water partition coefficient (Wildman–Crippen LogP) is 3.97. The summed E-state index contributed by atoms with van der Waals surface area (Å²) in [6, 6.07) is 20.8. The first-order chi connectivity index (χ1) is 15.9. The van der Waals surface area contributed by atoms with E-state index in [1.54, 1.807) is 54.6 Å². The summed E-state index contributed by atoms with van der Waals surface area (Å²) in [5.74, 6) is -1.34. The first-order valence-corrected chi connectivity index (χ1v) is 10.3. The van der Waals surface area contributed by atoms with Gasteiger partial charge in [-0.2, -0.15) is 5.10 Å². The monoisotopic (exact) mass is 464 g/mol. The molecule has 0 atom stereocenters. The summed E-state index contributed by atoms with van der Waals surface area (Å²) in [4.78, 5) is 34.9. The lowest BCUT2D eigenvalue weighted by Crippen LogP contribution is -2.32. The maximum Gasteiger partial charge on any atom is 0.329 e. The van der Waals surface area contributed by atoms with Crippen LogP contribution in [0.2, 0.25) is 5.02 Å². The molecule has 3 rings (SSSR count). The lowest BCUT2D eigenvalue weighted by atomic mass is 10.2. The molecule has 0 aliphatic heterocycles. The van der Waals surface area contributed by atoms with Gasteiger partial charge in [-0.3, -0.25) is 14.4 Å². The maximum absolute atomic E-state index is 12.0. The highest BCUT2D eigenvalue weighted by molar-refractivity contribution is 6.39. The first-order valence-electron chi connectivity index (χ1n) is 9.89. The lowest BCUT2D eigenvalue weighted by Gasteiger charge is -2.08. The molecule has 0 unspecified atom stereocenters. The summed E-state index contributed by atoms with van der Waals surface area (Å²) in [5, 5.41) is 9.49. The number of hydrogen-bond acceptors (Lipinski definition) is 5. The molecule has 0 spiro atoms. The second-order valence-corrected chi connectivity index (χ2v) is 7.27. The number of anilines is 2. The normalized spacial score (nSPS) is 10.5. The molecule has 3 N–H and O–H groups in total. The van der Waals surface area contributed by atoms with E-state index in [0.29, 0.717) is 34.3 Å². The highest BCUT2D eigenvalue weighted by Crippen LogP contribution is 2.18. The van der Waals surface area contributed by atoms with Crippen molar-refractivity contribution in [2.24, 2.45) is 5.10 Å². The molecular formula is C24H21ClN4O4. The van der Waals surface area contributed by atoms with Crippen LogP contribution in [0.15, 0.2) is 77.9 Å². The molecule has 0 fully saturated rings. The molecule has 0 aliphatic carbocycles. The molecule has 9 heteroatoms. The summed E-state index contributed by atoms with van der Waals surface area (Å²) < 4.78 is 5.71. The Morgan fingerprint density at radius 3 is 2.15 bits per heavy atom. The van der Waals surface area contributed by atoms with Gasteiger partial charge < -0.3 is 15.4 Å². The number of nitrogens with one attached hydrogen (secondary N) is 3. The molecule has 3 aromatic carbocycles. The molecule has 33 heavy (non-hydrogen) atoms. The Morgan fingerprint density at radius 1 is 0.879 bits per heavy atom. The number of carbonyl (C=O) groups excluding carboxylic acids is 3. The van der Waals surface area contributed by atoms with Crippen molar-refractivity contribution in [2.75, 3.05) is 10.6 Å². The quantitative estimate of drug-likeness (QED) is 0.279. The number of hydrazone groups is 1. The number of amides is 3. The largest absolute Gasteiger partial charge is 0.489 e. The Morgan fingerprint density at radius 2 is 1.52 bits per heavy atom. The van der Waals surface area contributed by atoms with Gasteiger partial charge in [-0.15, -0.1) is 0 Å². The SMILES string of the molecule is CC(=O)Nc1ccc(NC(=O)C(=O)N/N=C/c2ccc(OCc3ccccc3Cl)cc2)cc1. The molecule has 0 aromatic heterocycles. The van der Waals surface area contributed by atoms with Gasteiger partial charge in [0.15, 0.2) is 0 Å². The molecule has 168 valence electrons. The highest BCUT2D eigenvalue weighted by atomic mass is 35.5. The maximum atomic E-state index is 12.0. The van der Waals surface area contributed by atoms with Crippen molar-refractivity contribution in [2.45, 2.75) is 13.5 Å². The van der Waals surface area contributed by atoms with Crippen LogP contribution in [0.25, 0.3) is 0 Å². The fourth-order valence-electron chi connectivity index (χ4n) is 2.67. The van der Waals surface area contributed by atoms with E-state index in [-0.39, 0.29) is 5.91 Å². The van der Waals surface area contributed by atoms with Gasteiger partial charge in [0.1, 0.15) is 12.4 Å². The van der Waals surface area contributed by atoms with Crippen molar-refractivity contribution in [3.8, 4) is 5.75 Å². The van der Waals surface area contributed by atoms with E-state index >= 15 is 0 Å². The number of benzene rings is 3. The number of carbonyl (C=O) groups is 3. The van der Waals surface area contributed by atoms with Crippen LogP contribution in [0.3, 0.4) is 0 Å². The standard InChI is InChI=1S/C24H21ClN4O4/c1-16(30)27-19-8-10-20(11-9-19)28-23(31)24(32)29-26-14-17-6-12-21(13-7-17)33-15-18-4-2-3-5-22(18)25/h2-14H,15H2,1H3,(H,27,30)(H,28,31)(H,29,32)/b26-14+. The first kappa shape index (κ1) is 23.5. The van der Waals surface area contributed by atoms with Gasteiger partial charge in [0.05, 0.1) is 6.21 Å². The van der Waals surface area contributed by atoms with E-state index in [2.05, 4.69) is 21.2 Å². The van der Waals surface area contributed by atoms with Crippen LogP contribution < -0.4 is 20.8 Å². The van der Waals surface area contributed by atoms with Gasteiger partial charge in [0.25, 0.3) is 0 Å². The van der Waals surface area contributed by atoms with Crippen LogP contribution in [-0.4, -0.2) is 23.9 Å². The van der Waals surface area contributed by atoms with Crippen LogP contribution in [0, 0.1) is 0 Å². The zero-order valence-corrected chi connectivity index (χ0v) is 18.4. The van der Waals surface area contributed by atoms with Gasteiger partial charge in [-0.1, -0.05) is 29.8 Å². The van der Waals surface area contributed by atoms with E-state index in [4.69, 9.17) is 16.3 Å². The van der Waals surface area contributed by atoms with Crippen molar-refractivity contribution in [1.29, 1.82) is 0 Å². The highest BCUT2D eigenvalue weighted by Gasteiger charge is 2.12. The topological polar surface area (TPSA) is 109 Å². The van der Waals surface area contributed by atoms with Crippen LogP contribution in [0.1, 0.15) is 18.1 Å². The Kier molecular flexibility index (Phi) is 8.15. The van der Waals surface area contributed by atoms with Crippen molar-refractivity contribution in [1.82, 2.24) is 5.43 Å². The zero-order chi connectivity index (χ0) is 23.6. The van der Waals surface area contributed by atoms with E-state index in [0.717, 1.165) is 5.56 Å². The molecular weight excluding hydrogens is 444 g/mol. The third kappa shape index (κ3) is 7.48. The Hall–Kier alpha value is -4.17. The van der Waals surface area contributed by atoms with Crippen molar-refractivity contribution in [3.63, 3.8) is 0 Å². The second kappa shape index (κ2) is 11.4.